The smallest absolute Gasteiger partial charge is 0.323 e. The molecule has 1 atom stereocenters. The summed E-state index contributed by atoms with van der Waals surface area (Å²) in [4.78, 5) is 18.8. The quantitative estimate of drug-likeness (QED) is 0.737. The molecule has 3 aromatic rings. The summed E-state index contributed by atoms with van der Waals surface area (Å²) in [5, 5.41) is 11.0. The van der Waals surface area contributed by atoms with Crippen LogP contribution in [0.1, 0.15) is 16.7 Å². The van der Waals surface area contributed by atoms with E-state index in [0.717, 1.165) is 10.9 Å². The van der Waals surface area contributed by atoms with E-state index in [9.17, 15) is 9.90 Å². The van der Waals surface area contributed by atoms with E-state index in [-0.39, 0.29) is 17.8 Å². The van der Waals surface area contributed by atoms with Crippen molar-refractivity contribution in [3.05, 3.63) is 71.4 Å². The first-order chi connectivity index (χ1) is 12.7. The van der Waals surface area contributed by atoms with Crippen LogP contribution in [0.15, 0.2) is 54.7 Å². The second-order valence-electron chi connectivity index (χ2n) is 6.56. The van der Waals surface area contributed by atoms with Crippen LogP contribution in [0.4, 0.5) is 0 Å². The van der Waals surface area contributed by atoms with Gasteiger partial charge in [0.05, 0.1) is 7.11 Å². The summed E-state index contributed by atoms with van der Waals surface area (Å²) < 4.78 is 5.05. The number of carbonyl (C=O) groups is 1. The molecule has 5 heteroatoms. The zero-order valence-corrected chi connectivity index (χ0v) is 14.6. The van der Waals surface area contributed by atoms with Gasteiger partial charge in [-0.15, -0.1) is 0 Å². The molecule has 4 rings (SSSR count). The molecule has 1 aliphatic heterocycles. The number of pyridine rings is 1. The van der Waals surface area contributed by atoms with E-state index in [4.69, 9.17) is 4.74 Å². The molecular weight excluding hydrogens is 328 g/mol. The van der Waals surface area contributed by atoms with Crippen molar-refractivity contribution in [2.24, 2.45) is 0 Å². The lowest BCUT2D eigenvalue weighted by atomic mass is 9.93. The van der Waals surface area contributed by atoms with E-state index in [0.29, 0.717) is 25.0 Å². The molecule has 5 nitrogen and oxygen atoms in total. The lowest BCUT2D eigenvalue weighted by Gasteiger charge is -2.35. The summed E-state index contributed by atoms with van der Waals surface area (Å²) in [5.74, 6) is -0.0569. The maximum Gasteiger partial charge on any atom is 0.323 e. The van der Waals surface area contributed by atoms with Crippen LogP contribution in [0.3, 0.4) is 0 Å². The summed E-state index contributed by atoms with van der Waals surface area (Å²) in [6.45, 7) is 1.26. The molecule has 132 valence electrons. The number of ether oxygens (including phenoxy) is 1. The number of rotatable bonds is 3. The summed E-state index contributed by atoms with van der Waals surface area (Å²) in [5.41, 5.74) is 4.03. The maximum absolute atomic E-state index is 12.4. The Morgan fingerprint density at radius 1 is 1.19 bits per heavy atom. The minimum atomic E-state index is -0.324. The molecule has 1 aromatic heterocycles. The molecule has 2 heterocycles. The number of aromatic nitrogens is 1. The third-order valence-electron chi connectivity index (χ3n) is 5.03. The second-order valence-corrected chi connectivity index (χ2v) is 6.56. The molecule has 0 spiro atoms. The number of hydrogen-bond donors (Lipinski definition) is 1. The Morgan fingerprint density at radius 2 is 2.00 bits per heavy atom. The van der Waals surface area contributed by atoms with Crippen LogP contribution in [0.25, 0.3) is 10.9 Å². The van der Waals surface area contributed by atoms with E-state index in [1.165, 1.54) is 18.2 Å². The molecule has 0 amide bonds. The molecule has 26 heavy (non-hydrogen) atoms. The number of aromatic hydroxyl groups is 1. The zero-order valence-electron chi connectivity index (χ0n) is 14.6. The van der Waals surface area contributed by atoms with Crippen LogP contribution in [0, 0.1) is 0 Å². The van der Waals surface area contributed by atoms with Crippen LogP contribution in [-0.2, 0) is 29.0 Å². The molecular formula is C21H20N2O3. The van der Waals surface area contributed by atoms with Gasteiger partial charge >= 0.3 is 5.97 Å². The third-order valence-corrected chi connectivity index (χ3v) is 5.03. The lowest BCUT2D eigenvalue weighted by Crippen LogP contribution is -2.45. The van der Waals surface area contributed by atoms with Crippen LogP contribution >= 0.6 is 0 Å². The van der Waals surface area contributed by atoms with Crippen molar-refractivity contribution < 1.29 is 14.6 Å². The minimum absolute atomic E-state index is 0.165. The third kappa shape index (κ3) is 2.91. The highest BCUT2D eigenvalue weighted by molar-refractivity contribution is 5.87. The number of fused-ring (bicyclic) bond motifs is 2. The van der Waals surface area contributed by atoms with Crippen LogP contribution in [0.5, 0.6) is 5.75 Å². The fourth-order valence-corrected chi connectivity index (χ4v) is 3.69. The Morgan fingerprint density at radius 3 is 2.81 bits per heavy atom. The molecule has 2 aromatic carbocycles. The van der Waals surface area contributed by atoms with Crippen molar-refractivity contribution in [2.75, 3.05) is 7.11 Å². The average Bonchev–Trinajstić information content (AvgIpc) is 2.69. The number of phenolic OH excluding ortho intramolecular Hbond substituents is 1. The number of nitrogens with zero attached hydrogens (tertiary/aromatic N) is 2. The molecule has 0 radical (unpaired) electrons. The van der Waals surface area contributed by atoms with Gasteiger partial charge in [0, 0.05) is 24.7 Å². The van der Waals surface area contributed by atoms with Gasteiger partial charge in [0.15, 0.2) is 0 Å². The van der Waals surface area contributed by atoms with Crippen molar-refractivity contribution in [2.45, 2.75) is 25.6 Å². The van der Waals surface area contributed by atoms with Gasteiger partial charge in [-0.25, -0.2) is 0 Å². The van der Waals surface area contributed by atoms with Crippen LogP contribution < -0.4 is 0 Å². The summed E-state index contributed by atoms with van der Waals surface area (Å²) in [7, 11) is 1.43. The van der Waals surface area contributed by atoms with Gasteiger partial charge < -0.3 is 9.84 Å². The maximum atomic E-state index is 12.4. The van der Waals surface area contributed by atoms with Crippen LogP contribution in [0.2, 0.25) is 0 Å². The summed E-state index contributed by atoms with van der Waals surface area (Å²) >= 11 is 0. The highest BCUT2D eigenvalue weighted by Crippen LogP contribution is 2.30. The van der Waals surface area contributed by atoms with E-state index < -0.39 is 0 Å². The molecule has 1 aliphatic rings. The minimum Gasteiger partial charge on any atom is -0.506 e. The Kier molecular flexibility index (Phi) is 4.31. The fraction of sp³-hybridized carbons (Fsp3) is 0.238. The van der Waals surface area contributed by atoms with Crippen molar-refractivity contribution >= 4 is 16.9 Å². The number of esters is 1. The predicted octanol–water partition coefficient (Wildman–Crippen LogP) is 3.04. The van der Waals surface area contributed by atoms with Gasteiger partial charge in [0.2, 0.25) is 0 Å². The van der Waals surface area contributed by atoms with E-state index in [2.05, 4.69) is 22.0 Å². The Hall–Kier alpha value is -2.92. The van der Waals surface area contributed by atoms with Crippen LogP contribution in [-0.4, -0.2) is 34.1 Å². The number of benzene rings is 2. The summed E-state index contributed by atoms with van der Waals surface area (Å²) in [6.07, 6.45) is 2.30. The number of carbonyl (C=O) groups excluding carboxylic acids is 1. The Bertz CT molecular complexity index is 970. The van der Waals surface area contributed by atoms with Gasteiger partial charge in [-0.2, -0.15) is 0 Å². The average molecular weight is 348 g/mol. The number of hydrogen-bond acceptors (Lipinski definition) is 5. The van der Waals surface area contributed by atoms with E-state index >= 15 is 0 Å². The first-order valence-electron chi connectivity index (χ1n) is 8.61. The molecule has 0 fully saturated rings. The number of methoxy groups -OCH3 is 1. The van der Waals surface area contributed by atoms with Crippen molar-refractivity contribution in [1.29, 1.82) is 0 Å². The molecule has 0 saturated carbocycles. The van der Waals surface area contributed by atoms with Crippen molar-refractivity contribution in [3.63, 3.8) is 0 Å². The molecule has 0 bridgehead atoms. The highest BCUT2D eigenvalue weighted by atomic mass is 16.5. The topological polar surface area (TPSA) is 62.7 Å². The largest absolute Gasteiger partial charge is 0.506 e. The fourth-order valence-electron chi connectivity index (χ4n) is 3.69. The van der Waals surface area contributed by atoms with E-state index in [1.54, 1.807) is 12.3 Å². The molecule has 0 aliphatic carbocycles. The van der Waals surface area contributed by atoms with E-state index in [1.807, 2.05) is 30.3 Å². The predicted molar refractivity (Wildman–Crippen MR) is 98.6 cm³/mol. The Balaban J connectivity index is 1.72. The van der Waals surface area contributed by atoms with Gasteiger partial charge in [-0.1, -0.05) is 36.4 Å². The SMILES string of the molecule is COC(=O)[C@@H]1Cc2ccccc2CN1Cc1ccc(O)c2ncccc12. The Labute approximate surface area is 151 Å². The highest BCUT2D eigenvalue weighted by Gasteiger charge is 2.32. The molecule has 1 N–H and O–H groups in total. The molecule has 0 saturated heterocycles. The molecule has 0 unspecified atom stereocenters. The standard InChI is InChI=1S/C21H20N2O3/c1-26-21(25)18-11-14-5-2-3-6-15(14)12-23(18)13-16-8-9-19(24)20-17(16)7-4-10-22-20/h2-10,18,24H,11-13H2,1H3/t18-/m0/s1. The lowest BCUT2D eigenvalue weighted by molar-refractivity contribution is -0.147. The first-order valence-corrected chi connectivity index (χ1v) is 8.61. The van der Waals surface area contributed by atoms with Crippen molar-refractivity contribution in [1.82, 2.24) is 9.88 Å². The first kappa shape index (κ1) is 16.5. The monoisotopic (exact) mass is 348 g/mol. The van der Waals surface area contributed by atoms with Gasteiger partial charge in [-0.3, -0.25) is 14.7 Å². The van der Waals surface area contributed by atoms with Crippen molar-refractivity contribution in [3.8, 4) is 5.75 Å². The zero-order chi connectivity index (χ0) is 18.1. The summed E-state index contributed by atoms with van der Waals surface area (Å²) in [6, 6.07) is 15.2. The normalized spacial score (nSPS) is 17.0. The van der Waals surface area contributed by atoms with Gasteiger partial charge in [0.1, 0.15) is 17.3 Å². The van der Waals surface area contributed by atoms with Gasteiger partial charge in [0.25, 0.3) is 0 Å². The van der Waals surface area contributed by atoms with Gasteiger partial charge in [-0.05, 0) is 35.2 Å². The number of phenols is 1. The second kappa shape index (κ2) is 6.77.